The molecule has 0 amide bonds. The van der Waals surface area contributed by atoms with Crippen molar-refractivity contribution >= 4 is 5.57 Å². The molecule has 0 radical (unpaired) electrons. The van der Waals surface area contributed by atoms with Crippen molar-refractivity contribution in [2.75, 3.05) is 6.61 Å². The fraction of sp³-hybridized carbons (Fsp3) is 0.130. The second-order valence-electron chi connectivity index (χ2n) is 6.18. The van der Waals surface area contributed by atoms with Crippen LogP contribution in [-0.4, -0.2) is 11.7 Å². The number of ether oxygens (including phenoxy) is 2. The quantitative estimate of drug-likeness (QED) is 0.742. The monoisotopic (exact) mass is 344 g/mol. The van der Waals surface area contributed by atoms with Crippen molar-refractivity contribution in [1.82, 2.24) is 0 Å². The molecule has 0 spiro atoms. The summed E-state index contributed by atoms with van der Waals surface area (Å²) >= 11 is 0. The van der Waals surface area contributed by atoms with Crippen molar-refractivity contribution in [2.45, 2.75) is 12.7 Å². The van der Waals surface area contributed by atoms with E-state index >= 15 is 0 Å². The molecule has 0 aromatic heterocycles. The van der Waals surface area contributed by atoms with Gasteiger partial charge in [0, 0.05) is 17.2 Å². The topological polar surface area (TPSA) is 38.7 Å². The highest BCUT2D eigenvalue weighted by Crippen LogP contribution is 2.43. The maximum atomic E-state index is 11.3. The molecule has 1 heterocycles. The minimum atomic E-state index is -1.52. The van der Waals surface area contributed by atoms with E-state index in [4.69, 9.17) is 9.47 Å². The van der Waals surface area contributed by atoms with E-state index in [1.807, 2.05) is 85.8 Å². The van der Waals surface area contributed by atoms with Crippen LogP contribution in [0.4, 0.5) is 0 Å². The lowest BCUT2D eigenvalue weighted by molar-refractivity contribution is -0.103. The molecule has 1 N–H and O–H groups in total. The maximum absolute atomic E-state index is 11.3. The Labute approximate surface area is 153 Å². The molecule has 3 nitrogen and oxygen atoms in total. The minimum absolute atomic E-state index is 0.595. The van der Waals surface area contributed by atoms with Crippen LogP contribution in [0, 0.1) is 0 Å². The van der Waals surface area contributed by atoms with Gasteiger partial charge in [-0.1, -0.05) is 60.7 Å². The van der Waals surface area contributed by atoms with E-state index in [-0.39, 0.29) is 0 Å². The largest absolute Gasteiger partial charge is 0.494 e. The van der Waals surface area contributed by atoms with Crippen molar-refractivity contribution in [3.8, 4) is 11.5 Å². The number of hydrogen-bond donors (Lipinski definition) is 1. The zero-order valence-electron chi connectivity index (χ0n) is 14.6. The molecule has 3 heteroatoms. The smallest absolute Gasteiger partial charge is 0.255 e. The van der Waals surface area contributed by atoms with Crippen LogP contribution in [0.2, 0.25) is 0 Å². The third kappa shape index (κ3) is 2.98. The minimum Gasteiger partial charge on any atom is -0.494 e. The number of fused-ring (bicyclic) bond motifs is 1. The van der Waals surface area contributed by atoms with E-state index in [0.29, 0.717) is 17.9 Å². The SMILES string of the molecule is CCOc1ccc2c(c1)C(c1ccccc1)=C[C@@](O)(c1ccccc1)O2. The normalized spacial score (nSPS) is 18.5. The lowest BCUT2D eigenvalue weighted by Gasteiger charge is -2.33. The van der Waals surface area contributed by atoms with Crippen LogP contribution in [-0.2, 0) is 5.79 Å². The van der Waals surface area contributed by atoms with E-state index in [1.54, 1.807) is 6.08 Å². The molecular formula is C23H20O3. The van der Waals surface area contributed by atoms with E-state index in [1.165, 1.54) is 0 Å². The summed E-state index contributed by atoms with van der Waals surface area (Å²) in [7, 11) is 0. The van der Waals surface area contributed by atoms with Gasteiger partial charge in [-0.05, 0) is 36.3 Å². The summed E-state index contributed by atoms with van der Waals surface area (Å²) in [5.41, 5.74) is 3.52. The highest BCUT2D eigenvalue weighted by Gasteiger charge is 2.35. The Hall–Kier alpha value is -3.04. The Balaban J connectivity index is 1.89. The van der Waals surface area contributed by atoms with Crippen molar-refractivity contribution < 1.29 is 14.6 Å². The van der Waals surface area contributed by atoms with Crippen molar-refractivity contribution in [3.05, 3.63) is 102 Å². The summed E-state index contributed by atoms with van der Waals surface area (Å²) < 4.78 is 11.7. The Bertz CT molecular complexity index is 932. The summed E-state index contributed by atoms with van der Waals surface area (Å²) in [6.07, 6.45) is 1.77. The first-order valence-electron chi connectivity index (χ1n) is 8.72. The first-order chi connectivity index (χ1) is 12.7. The van der Waals surface area contributed by atoms with Gasteiger partial charge in [-0.3, -0.25) is 0 Å². The Morgan fingerprint density at radius 1 is 0.923 bits per heavy atom. The average molecular weight is 344 g/mol. The summed E-state index contributed by atoms with van der Waals surface area (Å²) in [6, 6.07) is 25.1. The lowest BCUT2D eigenvalue weighted by atomic mass is 9.90. The van der Waals surface area contributed by atoms with E-state index in [0.717, 1.165) is 22.4 Å². The Morgan fingerprint density at radius 2 is 1.62 bits per heavy atom. The van der Waals surface area contributed by atoms with E-state index in [9.17, 15) is 5.11 Å². The average Bonchev–Trinajstić information content (AvgIpc) is 2.69. The summed E-state index contributed by atoms with van der Waals surface area (Å²) in [6.45, 7) is 2.55. The fourth-order valence-corrected chi connectivity index (χ4v) is 3.21. The van der Waals surface area contributed by atoms with Crippen LogP contribution in [0.3, 0.4) is 0 Å². The lowest BCUT2D eigenvalue weighted by Crippen LogP contribution is -2.33. The molecule has 0 bridgehead atoms. The summed E-state index contributed by atoms with van der Waals surface area (Å²) in [5, 5.41) is 11.3. The van der Waals surface area contributed by atoms with E-state index in [2.05, 4.69) is 0 Å². The molecule has 3 aromatic carbocycles. The second kappa shape index (κ2) is 6.70. The number of benzene rings is 3. The number of aliphatic hydroxyl groups is 1. The van der Waals surface area contributed by atoms with Crippen molar-refractivity contribution in [3.63, 3.8) is 0 Å². The fourth-order valence-electron chi connectivity index (χ4n) is 3.21. The van der Waals surface area contributed by atoms with Gasteiger partial charge >= 0.3 is 0 Å². The Morgan fingerprint density at radius 3 is 2.31 bits per heavy atom. The maximum Gasteiger partial charge on any atom is 0.255 e. The highest BCUT2D eigenvalue weighted by atomic mass is 16.6. The number of hydrogen-bond acceptors (Lipinski definition) is 3. The predicted octanol–water partition coefficient (Wildman–Crippen LogP) is 4.75. The van der Waals surface area contributed by atoms with Gasteiger partial charge in [0.15, 0.2) is 0 Å². The van der Waals surface area contributed by atoms with Gasteiger partial charge in [0.1, 0.15) is 11.5 Å². The molecule has 1 aliphatic rings. The highest BCUT2D eigenvalue weighted by molar-refractivity contribution is 5.85. The van der Waals surface area contributed by atoms with Gasteiger partial charge in [-0.25, -0.2) is 0 Å². The molecule has 0 saturated heterocycles. The van der Waals surface area contributed by atoms with Gasteiger partial charge in [-0.2, -0.15) is 0 Å². The summed E-state index contributed by atoms with van der Waals surface area (Å²) in [5.74, 6) is -0.116. The molecule has 0 aliphatic carbocycles. The van der Waals surface area contributed by atoms with Crippen molar-refractivity contribution in [1.29, 1.82) is 0 Å². The predicted molar refractivity (Wildman–Crippen MR) is 102 cm³/mol. The standard InChI is InChI=1S/C23H20O3/c1-2-25-19-13-14-22-20(15-19)21(17-9-5-3-6-10-17)16-23(24,26-22)18-11-7-4-8-12-18/h3-16,24H,2H2,1H3/t23-/m0/s1. The molecule has 0 saturated carbocycles. The third-order valence-electron chi connectivity index (χ3n) is 4.43. The van der Waals surface area contributed by atoms with Crippen molar-refractivity contribution in [2.24, 2.45) is 0 Å². The first kappa shape index (κ1) is 16.4. The van der Waals surface area contributed by atoms with Crippen LogP contribution < -0.4 is 9.47 Å². The third-order valence-corrected chi connectivity index (χ3v) is 4.43. The molecular weight excluding hydrogens is 324 g/mol. The number of rotatable bonds is 4. The van der Waals surface area contributed by atoms with Crippen LogP contribution in [0.5, 0.6) is 11.5 Å². The van der Waals surface area contributed by atoms with Crippen LogP contribution in [0.25, 0.3) is 5.57 Å². The van der Waals surface area contributed by atoms with Gasteiger partial charge in [-0.15, -0.1) is 0 Å². The summed E-state index contributed by atoms with van der Waals surface area (Å²) in [4.78, 5) is 0. The molecule has 1 atom stereocenters. The zero-order chi connectivity index (χ0) is 18.0. The molecule has 26 heavy (non-hydrogen) atoms. The van der Waals surface area contributed by atoms with Crippen LogP contribution >= 0.6 is 0 Å². The van der Waals surface area contributed by atoms with Gasteiger partial charge in [0.25, 0.3) is 5.79 Å². The zero-order valence-corrected chi connectivity index (χ0v) is 14.6. The molecule has 0 unspecified atom stereocenters. The van der Waals surface area contributed by atoms with Gasteiger partial charge in [0.05, 0.1) is 6.61 Å². The molecule has 1 aliphatic heterocycles. The van der Waals surface area contributed by atoms with Crippen LogP contribution in [0.1, 0.15) is 23.6 Å². The van der Waals surface area contributed by atoms with E-state index < -0.39 is 5.79 Å². The molecule has 4 rings (SSSR count). The van der Waals surface area contributed by atoms with Gasteiger partial charge in [0.2, 0.25) is 0 Å². The van der Waals surface area contributed by atoms with Gasteiger partial charge < -0.3 is 14.6 Å². The second-order valence-corrected chi connectivity index (χ2v) is 6.18. The Kier molecular flexibility index (Phi) is 4.23. The molecule has 3 aromatic rings. The van der Waals surface area contributed by atoms with Crippen LogP contribution in [0.15, 0.2) is 84.9 Å². The molecule has 130 valence electrons. The first-order valence-corrected chi connectivity index (χ1v) is 8.72. The molecule has 0 fully saturated rings.